The van der Waals surface area contributed by atoms with Crippen LogP contribution in [0.3, 0.4) is 0 Å². The van der Waals surface area contributed by atoms with Crippen LogP contribution in [0.15, 0.2) is 17.1 Å². The van der Waals surface area contributed by atoms with Crippen LogP contribution in [0.2, 0.25) is 0 Å². The number of alkyl halides is 3. The number of pyridine rings is 1. The highest BCUT2D eigenvalue weighted by Crippen LogP contribution is 2.14. The zero-order chi connectivity index (χ0) is 13.8. The molecule has 1 aromatic rings. The van der Waals surface area contributed by atoms with E-state index < -0.39 is 12.8 Å². The molecule has 0 amide bonds. The monoisotopic (exact) mass is 264 g/mol. The highest BCUT2D eigenvalue weighted by molar-refractivity contribution is 5.42. The van der Waals surface area contributed by atoms with E-state index in [2.05, 4.69) is 4.74 Å². The molecule has 0 fully saturated rings. The molecule has 0 spiro atoms. The van der Waals surface area contributed by atoms with Crippen molar-refractivity contribution in [3.8, 4) is 0 Å². The van der Waals surface area contributed by atoms with Gasteiger partial charge < -0.3 is 15.0 Å². The van der Waals surface area contributed by atoms with E-state index >= 15 is 0 Å². The van der Waals surface area contributed by atoms with Gasteiger partial charge in [0.05, 0.1) is 5.69 Å². The van der Waals surface area contributed by atoms with E-state index in [1.165, 1.54) is 16.8 Å². The topological polar surface area (TPSA) is 57.2 Å². The van der Waals surface area contributed by atoms with E-state index in [0.29, 0.717) is 17.7 Å². The highest BCUT2D eigenvalue weighted by Gasteiger charge is 2.27. The molecule has 7 heteroatoms. The van der Waals surface area contributed by atoms with Crippen molar-refractivity contribution >= 4 is 5.69 Å². The summed E-state index contributed by atoms with van der Waals surface area (Å²) in [4.78, 5) is 11.5. The summed E-state index contributed by atoms with van der Waals surface area (Å²) in [6.45, 7) is 0.673. The molecule has 0 bridgehead atoms. The Morgan fingerprint density at radius 1 is 1.44 bits per heavy atom. The van der Waals surface area contributed by atoms with Gasteiger partial charge in [0.1, 0.15) is 6.61 Å². The summed E-state index contributed by atoms with van der Waals surface area (Å²) in [6.07, 6.45) is -2.51. The average molecular weight is 264 g/mol. The summed E-state index contributed by atoms with van der Waals surface area (Å²) in [5, 5.41) is 0. The molecule has 0 aliphatic heterocycles. The highest BCUT2D eigenvalue weighted by atomic mass is 19.4. The first-order valence-corrected chi connectivity index (χ1v) is 5.40. The molecule has 102 valence electrons. The fraction of sp³-hybridized carbons (Fsp3) is 0.545. The molecule has 1 rings (SSSR count). The van der Waals surface area contributed by atoms with Gasteiger partial charge in [0.15, 0.2) is 0 Å². The number of nitrogens with zero attached hydrogens (tertiary/aromatic N) is 1. The summed E-state index contributed by atoms with van der Waals surface area (Å²) < 4.78 is 41.1. The standard InChI is InChI=1S/C11H15F3N2O2/c1-8-5-10(17)16(6-9(8)15)3-2-4-18-7-11(12,13)14/h5-6H,2-4,7,15H2,1H3. The first-order chi connectivity index (χ1) is 8.29. The van der Waals surface area contributed by atoms with Crippen molar-refractivity contribution in [3.05, 3.63) is 28.2 Å². The Hall–Kier alpha value is -1.50. The van der Waals surface area contributed by atoms with Crippen LogP contribution in [-0.2, 0) is 11.3 Å². The maximum atomic E-state index is 11.8. The number of hydrogen-bond donors (Lipinski definition) is 1. The van der Waals surface area contributed by atoms with Crippen LogP contribution in [-0.4, -0.2) is 24.0 Å². The zero-order valence-corrected chi connectivity index (χ0v) is 9.96. The largest absolute Gasteiger partial charge is 0.411 e. The van der Waals surface area contributed by atoms with E-state index in [1.807, 2.05) is 0 Å². The second kappa shape index (κ2) is 5.90. The van der Waals surface area contributed by atoms with Crippen molar-refractivity contribution in [2.75, 3.05) is 18.9 Å². The molecule has 0 radical (unpaired) electrons. The van der Waals surface area contributed by atoms with Crippen LogP contribution in [0.25, 0.3) is 0 Å². The number of aryl methyl sites for hydroxylation is 2. The number of nitrogen functional groups attached to an aromatic ring is 1. The minimum atomic E-state index is -4.31. The van der Waals surface area contributed by atoms with Crippen molar-refractivity contribution < 1.29 is 17.9 Å². The number of ether oxygens (including phenoxy) is 1. The lowest BCUT2D eigenvalue weighted by Crippen LogP contribution is -2.22. The minimum Gasteiger partial charge on any atom is -0.397 e. The Balaban J connectivity index is 2.41. The summed E-state index contributed by atoms with van der Waals surface area (Å²) >= 11 is 0. The van der Waals surface area contributed by atoms with Crippen molar-refractivity contribution in [1.82, 2.24) is 4.57 Å². The lowest BCUT2D eigenvalue weighted by Gasteiger charge is -2.09. The van der Waals surface area contributed by atoms with Crippen molar-refractivity contribution in [3.63, 3.8) is 0 Å². The quantitative estimate of drug-likeness (QED) is 0.824. The summed E-state index contributed by atoms with van der Waals surface area (Å²) in [7, 11) is 0. The summed E-state index contributed by atoms with van der Waals surface area (Å²) in [5.74, 6) is 0. The van der Waals surface area contributed by atoms with Crippen LogP contribution in [0, 0.1) is 6.92 Å². The summed E-state index contributed by atoms with van der Waals surface area (Å²) in [5.41, 5.74) is 6.58. The molecule has 0 aliphatic rings. The number of nitrogens with two attached hydrogens (primary N) is 1. The Morgan fingerprint density at radius 2 is 2.11 bits per heavy atom. The zero-order valence-electron chi connectivity index (χ0n) is 9.96. The molecule has 4 nitrogen and oxygen atoms in total. The van der Waals surface area contributed by atoms with Gasteiger partial charge in [-0.25, -0.2) is 0 Å². The van der Waals surface area contributed by atoms with Gasteiger partial charge in [-0.2, -0.15) is 13.2 Å². The van der Waals surface area contributed by atoms with Gasteiger partial charge in [0.2, 0.25) is 0 Å². The van der Waals surface area contributed by atoms with Gasteiger partial charge in [-0.3, -0.25) is 4.79 Å². The van der Waals surface area contributed by atoms with E-state index in [4.69, 9.17) is 5.73 Å². The lowest BCUT2D eigenvalue weighted by atomic mass is 10.2. The predicted molar refractivity (Wildman–Crippen MR) is 61.3 cm³/mol. The second-order valence-corrected chi connectivity index (χ2v) is 3.96. The van der Waals surface area contributed by atoms with Crippen molar-refractivity contribution in [1.29, 1.82) is 0 Å². The van der Waals surface area contributed by atoms with Crippen LogP contribution >= 0.6 is 0 Å². The maximum absolute atomic E-state index is 11.8. The van der Waals surface area contributed by atoms with Crippen LogP contribution in [0.1, 0.15) is 12.0 Å². The third kappa shape index (κ3) is 4.79. The third-order valence-electron chi connectivity index (χ3n) is 2.33. The SMILES string of the molecule is Cc1cc(=O)n(CCCOCC(F)(F)F)cc1N. The fourth-order valence-corrected chi connectivity index (χ4v) is 1.38. The molecule has 0 unspecified atom stereocenters. The molecular weight excluding hydrogens is 249 g/mol. The molecular formula is C11H15F3N2O2. The molecule has 0 atom stereocenters. The first-order valence-electron chi connectivity index (χ1n) is 5.40. The second-order valence-electron chi connectivity index (χ2n) is 3.96. The predicted octanol–water partition coefficient (Wildman–Crippen LogP) is 1.71. The molecule has 18 heavy (non-hydrogen) atoms. The maximum Gasteiger partial charge on any atom is 0.411 e. The van der Waals surface area contributed by atoms with Crippen molar-refractivity contribution in [2.24, 2.45) is 0 Å². The molecule has 1 aromatic heterocycles. The lowest BCUT2D eigenvalue weighted by molar-refractivity contribution is -0.174. The van der Waals surface area contributed by atoms with E-state index in [0.717, 1.165) is 0 Å². The van der Waals surface area contributed by atoms with Crippen LogP contribution < -0.4 is 11.3 Å². The molecule has 0 aromatic carbocycles. The van der Waals surface area contributed by atoms with Crippen LogP contribution in [0.5, 0.6) is 0 Å². The Kier molecular flexibility index (Phi) is 4.77. The Labute approximate surface area is 102 Å². The van der Waals surface area contributed by atoms with Gasteiger partial charge in [0, 0.05) is 25.4 Å². The third-order valence-corrected chi connectivity index (χ3v) is 2.33. The van der Waals surface area contributed by atoms with Gasteiger partial charge in [0.25, 0.3) is 5.56 Å². The van der Waals surface area contributed by atoms with Gasteiger partial charge in [-0.15, -0.1) is 0 Å². The van der Waals surface area contributed by atoms with Gasteiger partial charge in [-0.05, 0) is 18.9 Å². The molecule has 0 saturated carbocycles. The van der Waals surface area contributed by atoms with E-state index in [-0.39, 0.29) is 18.7 Å². The number of anilines is 1. The first kappa shape index (κ1) is 14.6. The average Bonchev–Trinajstić information content (AvgIpc) is 2.23. The van der Waals surface area contributed by atoms with Crippen LogP contribution in [0.4, 0.5) is 18.9 Å². The Bertz CT molecular complexity index is 455. The number of halogens is 3. The molecule has 0 aliphatic carbocycles. The number of hydrogen-bond acceptors (Lipinski definition) is 3. The smallest absolute Gasteiger partial charge is 0.397 e. The minimum absolute atomic E-state index is 0.0558. The normalized spacial score (nSPS) is 11.8. The Morgan fingerprint density at radius 3 is 2.72 bits per heavy atom. The van der Waals surface area contributed by atoms with E-state index in [1.54, 1.807) is 6.92 Å². The fourth-order valence-electron chi connectivity index (χ4n) is 1.38. The molecule has 2 N–H and O–H groups in total. The molecule has 1 heterocycles. The number of rotatable bonds is 5. The molecule has 0 saturated heterocycles. The van der Waals surface area contributed by atoms with Crippen molar-refractivity contribution in [2.45, 2.75) is 26.1 Å². The van der Waals surface area contributed by atoms with Gasteiger partial charge >= 0.3 is 6.18 Å². The van der Waals surface area contributed by atoms with Gasteiger partial charge in [-0.1, -0.05) is 0 Å². The van der Waals surface area contributed by atoms with E-state index in [9.17, 15) is 18.0 Å². The summed E-state index contributed by atoms with van der Waals surface area (Å²) in [6, 6.07) is 1.39. The number of aromatic nitrogens is 1.